The second kappa shape index (κ2) is 2.02. The minimum absolute atomic E-state index is 0.694. The lowest BCUT2D eigenvalue weighted by Crippen LogP contribution is -2.23. The van der Waals surface area contributed by atoms with Crippen molar-refractivity contribution in [1.29, 1.82) is 0 Å². The van der Waals surface area contributed by atoms with Gasteiger partial charge in [0.15, 0.2) is 0 Å². The average Bonchev–Trinajstić information content (AvgIpc) is 1.84. The summed E-state index contributed by atoms with van der Waals surface area (Å²) in [6.45, 7) is 0.914. The highest BCUT2D eigenvalue weighted by atomic mass is 35.5. The number of hydrogen-bond donors (Lipinski definition) is 1. The van der Waals surface area contributed by atoms with Crippen molar-refractivity contribution in [1.82, 2.24) is 5.32 Å². The summed E-state index contributed by atoms with van der Waals surface area (Å²) in [5.41, 5.74) is 0. The Morgan fingerprint density at radius 1 is 1.57 bits per heavy atom. The Kier molecular flexibility index (Phi) is 1.73. The third kappa shape index (κ3) is 1.68. The Morgan fingerprint density at radius 3 is 2.43 bits per heavy atom. The number of halogens is 2. The van der Waals surface area contributed by atoms with E-state index in [0.29, 0.717) is 0 Å². The van der Waals surface area contributed by atoms with Crippen LogP contribution in [-0.4, -0.2) is 16.1 Å². The summed E-state index contributed by atoms with van der Waals surface area (Å²) in [6.07, 6.45) is 0. The Balaban J connectivity index is 2.40. The van der Waals surface area contributed by atoms with Crippen molar-refractivity contribution < 1.29 is 0 Å². The van der Waals surface area contributed by atoms with Crippen molar-refractivity contribution in [2.75, 3.05) is 12.3 Å². The Morgan fingerprint density at radius 2 is 2.29 bits per heavy atom. The molecule has 0 aromatic carbocycles. The molecular formula is C3H5Cl2NS. The van der Waals surface area contributed by atoms with Gasteiger partial charge in [0, 0.05) is 12.3 Å². The molecule has 0 unspecified atom stereocenters. The number of hydrogen-bond acceptors (Lipinski definition) is 2. The lowest BCUT2D eigenvalue weighted by Gasteiger charge is -2.07. The summed E-state index contributed by atoms with van der Waals surface area (Å²) >= 11 is 12.7. The number of thioether (sulfide) groups is 1. The average molecular weight is 158 g/mol. The van der Waals surface area contributed by atoms with Crippen LogP contribution in [0.25, 0.3) is 0 Å². The van der Waals surface area contributed by atoms with E-state index in [1.807, 2.05) is 0 Å². The van der Waals surface area contributed by atoms with Crippen LogP contribution in [0.3, 0.4) is 0 Å². The molecular weight excluding hydrogens is 153 g/mol. The highest BCUT2D eigenvalue weighted by Crippen LogP contribution is 2.34. The first-order valence-corrected chi connectivity index (χ1v) is 3.72. The summed E-state index contributed by atoms with van der Waals surface area (Å²) in [5, 5.41) is 2.89. The molecule has 1 fully saturated rings. The SMILES string of the molecule is ClC1(Cl)NCCS1. The fourth-order valence-electron chi connectivity index (χ4n) is 0.427. The first-order valence-electron chi connectivity index (χ1n) is 1.97. The summed E-state index contributed by atoms with van der Waals surface area (Å²) in [4.78, 5) is 0. The summed E-state index contributed by atoms with van der Waals surface area (Å²) in [5.74, 6) is 1.01. The Hall–Kier alpha value is 0.890. The maximum absolute atomic E-state index is 5.58. The van der Waals surface area contributed by atoms with Crippen molar-refractivity contribution in [3.05, 3.63) is 0 Å². The van der Waals surface area contributed by atoms with Gasteiger partial charge in [0.05, 0.1) is 0 Å². The smallest absolute Gasteiger partial charge is 0.216 e. The molecule has 0 aromatic heterocycles. The van der Waals surface area contributed by atoms with Crippen LogP contribution < -0.4 is 5.32 Å². The van der Waals surface area contributed by atoms with Gasteiger partial charge in [0.2, 0.25) is 3.79 Å². The monoisotopic (exact) mass is 157 g/mol. The third-order valence-corrected chi connectivity index (χ3v) is 2.55. The van der Waals surface area contributed by atoms with E-state index in [1.54, 1.807) is 0 Å². The van der Waals surface area contributed by atoms with Gasteiger partial charge in [0.1, 0.15) is 0 Å². The van der Waals surface area contributed by atoms with E-state index in [1.165, 1.54) is 11.8 Å². The maximum Gasteiger partial charge on any atom is 0.216 e. The summed E-state index contributed by atoms with van der Waals surface area (Å²) in [6, 6.07) is 0. The second-order valence-electron chi connectivity index (χ2n) is 1.29. The molecule has 0 bridgehead atoms. The summed E-state index contributed by atoms with van der Waals surface area (Å²) in [7, 11) is 0. The zero-order chi connectivity index (χ0) is 5.33. The first kappa shape index (κ1) is 6.02. The molecule has 0 spiro atoms. The van der Waals surface area contributed by atoms with Crippen LogP contribution in [-0.2, 0) is 0 Å². The molecule has 0 aliphatic carbocycles. The van der Waals surface area contributed by atoms with Gasteiger partial charge >= 0.3 is 0 Å². The van der Waals surface area contributed by atoms with Crippen LogP contribution in [0, 0.1) is 0 Å². The van der Waals surface area contributed by atoms with E-state index >= 15 is 0 Å². The molecule has 0 radical (unpaired) electrons. The molecule has 0 amide bonds. The van der Waals surface area contributed by atoms with Gasteiger partial charge in [-0.2, -0.15) is 0 Å². The lowest BCUT2D eigenvalue weighted by atomic mass is 10.8. The van der Waals surface area contributed by atoms with Crippen LogP contribution in [0.15, 0.2) is 0 Å². The van der Waals surface area contributed by atoms with Gasteiger partial charge in [-0.15, -0.1) is 11.8 Å². The highest BCUT2D eigenvalue weighted by Gasteiger charge is 2.27. The molecule has 1 aliphatic rings. The Bertz CT molecular complexity index is 67.3. The molecule has 1 aliphatic heterocycles. The molecule has 1 heterocycles. The fourth-order valence-corrected chi connectivity index (χ4v) is 1.74. The molecule has 42 valence electrons. The fraction of sp³-hybridized carbons (Fsp3) is 1.00. The molecule has 1 saturated heterocycles. The highest BCUT2D eigenvalue weighted by molar-refractivity contribution is 8.03. The van der Waals surface area contributed by atoms with Crippen molar-refractivity contribution >= 4 is 35.0 Å². The van der Waals surface area contributed by atoms with E-state index in [-0.39, 0.29) is 0 Å². The van der Waals surface area contributed by atoms with Crippen LogP contribution >= 0.6 is 35.0 Å². The lowest BCUT2D eigenvalue weighted by molar-refractivity contribution is 0.806. The molecule has 0 aromatic rings. The quantitative estimate of drug-likeness (QED) is 0.422. The molecule has 4 heteroatoms. The van der Waals surface area contributed by atoms with Gasteiger partial charge in [-0.3, -0.25) is 5.32 Å². The van der Waals surface area contributed by atoms with Crippen molar-refractivity contribution in [2.45, 2.75) is 3.79 Å². The maximum atomic E-state index is 5.58. The zero-order valence-corrected chi connectivity index (χ0v) is 5.91. The topological polar surface area (TPSA) is 12.0 Å². The zero-order valence-electron chi connectivity index (χ0n) is 3.58. The molecule has 0 atom stereocenters. The predicted octanol–water partition coefficient (Wildman–Crippen LogP) is 1.41. The Labute approximate surface area is 56.7 Å². The minimum Gasteiger partial charge on any atom is -0.277 e. The molecule has 0 saturated carbocycles. The van der Waals surface area contributed by atoms with Gasteiger partial charge in [-0.1, -0.05) is 23.2 Å². The number of alkyl halides is 2. The van der Waals surface area contributed by atoms with Gasteiger partial charge in [0.25, 0.3) is 0 Å². The van der Waals surface area contributed by atoms with Crippen LogP contribution in [0.5, 0.6) is 0 Å². The summed E-state index contributed by atoms with van der Waals surface area (Å²) < 4.78 is -0.694. The largest absolute Gasteiger partial charge is 0.277 e. The van der Waals surface area contributed by atoms with E-state index in [4.69, 9.17) is 23.2 Å². The second-order valence-corrected chi connectivity index (χ2v) is 4.38. The van der Waals surface area contributed by atoms with Crippen LogP contribution in [0.2, 0.25) is 0 Å². The molecule has 1 nitrogen and oxygen atoms in total. The molecule has 7 heavy (non-hydrogen) atoms. The van der Waals surface area contributed by atoms with E-state index < -0.39 is 3.79 Å². The predicted molar refractivity (Wildman–Crippen MR) is 34.9 cm³/mol. The van der Waals surface area contributed by atoms with E-state index in [9.17, 15) is 0 Å². The van der Waals surface area contributed by atoms with Crippen LogP contribution in [0.4, 0.5) is 0 Å². The normalized spacial score (nSPS) is 28.3. The minimum atomic E-state index is -0.694. The van der Waals surface area contributed by atoms with Gasteiger partial charge in [-0.05, 0) is 0 Å². The van der Waals surface area contributed by atoms with Gasteiger partial charge < -0.3 is 0 Å². The van der Waals surface area contributed by atoms with Crippen molar-refractivity contribution in [3.63, 3.8) is 0 Å². The standard InChI is InChI=1S/C3H5Cl2NS/c4-3(5)6-1-2-7-3/h6H,1-2H2. The third-order valence-electron chi connectivity index (χ3n) is 0.716. The van der Waals surface area contributed by atoms with E-state index in [2.05, 4.69) is 5.32 Å². The van der Waals surface area contributed by atoms with E-state index in [0.717, 1.165) is 12.3 Å². The van der Waals surface area contributed by atoms with Crippen LogP contribution in [0.1, 0.15) is 0 Å². The van der Waals surface area contributed by atoms with Crippen molar-refractivity contribution in [2.24, 2.45) is 0 Å². The number of rotatable bonds is 0. The molecule has 1 rings (SSSR count). The number of nitrogens with one attached hydrogen (secondary N) is 1. The van der Waals surface area contributed by atoms with Gasteiger partial charge in [-0.25, -0.2) is 0 Å². The molecule has 1 N–H and O–H groups in total. The first-order chi connectivity index (χ1) is 3.21. The van der Waals surface area contributed by atoms with Crippen molar-refractivity contribution in [3.8, 4) is 0 Å².